The fourth-order valence-electron chi connectivity index (χ4n) is 3.40. The van der Waals surface area contributed by atoms with Crippen molar-refractivity contribution in [2.45, 2.75) is 57.9 Å². The van der Waals surface area contributed by atoms with Crippen LogP contribution in [0.1, 0.15) is 52.4 Å². The minimum absolute atomic E-state index is 0.272. The summed E-state index contributed by atoms with van der Waals surface area (Å²) in [6.07, 6.45) is 7.72. The summed E-state index contributed by atoms with van der Waals surface area (Å²) in [5.41, 5.74) is 6.40. The minimum atomic E-state index is 0.272. The zero-order valence-electron chi connectivity index (χ0n) is 12.6. The van der Waals surface area contributed by atoms with Crippen LogP contribution < -0.4 is 5.73 Å². The summed E-state index contributed by atoms with van der Waals surface area (Å²) in [5.74, 6) is 0.933. The lowest BCUT2D eigenvalue weighted by Crippen LogP contribution is -2.56. The molecule has 0 amide bonds. The smallest absolute Gasteiger partial charge is 0.0474 e. The van der Waals surface area contributed by atoms with Gasteiger partial charge in [0.1, 0.15) is 0 Å². The summed E-state index contributed by atoms with van der Waals surface area (Å²) in [4.78, 5) is 2.61. The molecule has 2 N–H and O–H groups in total. The molecule has 0 bridgehead atoms. The van der Waals surface area contributed by atoms with Crippen molar-refractivity contribution < 1.29 is 4.74 Å². The Labute approximate surface area is 113 Å². The fraction of sp³-hybridized carbons (Fsp3) is 1.00. The van der Waals surface area contributed by atoms with E-state index in [1.54, 1.807) is 7.11 Å². The van der Waals surface area contributed by atoms with E-state index in [4.69, 9.17) is 10.5 Å². The van der Waals surface area contributed by atoms with Crippen LogP contribution in [0.3, 0.4) is 0 Å². The van der Waals surface area contributed by atoms with Crippen molar-refractivity contribution in [2.24, 2.45) is 11.7 Å². The zero-order valence-corrected chi connectivity index (χ0v) is 12.6. The average molecular weight is 256 g/mol. The van der Waals surface area contributed by atoms with Crippen LogP contribution >= 0.6 is 0 Å². The van der Waals surface area contributed by atoms with Gasteiger partial charge in [0.05, 0.1) is 0 Å². The molecule has 0 aromatic carbocycles. The molecular weight excluding hydrogens is 224 g/mol. The van der Waals surface area contributed by atoms with Crippen molar-refractivity contribution in [3.8, 4) is 0 Å². The molecule has 0 unspecified atom stereocenters. The summed E-state index contributed by atoms with van der Waals surface area (Å²) in [5, 5.41) is 0. The van der Waals surface area contributed by atoms with E-state index in [2.05, 4.69) is 18.7 Å². The Morgan fingerprint density at radius 2 is 1.94 bits per heavy atom. The van der Waals surface area contributed by atoms with Crippen LogP contribution in [0.25, 0.3) is 0 Å². The van der Waals surface area contributed by atoms with Gasteiger partial charge in [0.25, 0.3) is 0 Å². The van der Waals surface area contributed by atoms with Gasteiger partial charge in [-0.2, -0.15) is 0 Å². The Kier molecular flexibility index (Phi) is 7.20. The number of likely N-dealkylation sites (N-methyl/N-ethyl adjacent to an activating group) is 1. The Morgan fingerprint density at radius 1 is 1.28 bits per heavy atom. The van der Waals surface area contributed by atoms with Gasteiger partial charge in [-0.3, -0.25) is 4.90 Å². The standard InChI is InChI=1S/C15H32N2O/c1-4-14-7-9-15(13-16,10-8-14)17(5-2)11-6-12-18-3/h14H,4-13,16H2,1-3H3. The maximum atomic E-state index is 6.13. The van der Waals surface area contributed by atoms with Crippen molar-refractivity contribution in [3.05, 3.63) is 0 Å². The van der Waals surface area contributed by atoms with E-state index in [1.165, 1.54) is 32.1 Å². The highest BCUT2D eigenvalue weighted by molar-refractivity contribution is 4.95. The molecular formula is C15H32N2O. The molecule has 0 aromatic heterocycles. The second kappa shape index (κ2) is 8.13. The highest BCUT2D eigenvalue weighted by atomic mass is 16.5. The van der Waals surface area contributed by atoms with Gasteiger partial charge in [0, 0.05) is 32.3 Å². The zero-order chi connectivity index (χ0) is 13.4. The van der Waals surface area contributed by atoms with Gasteiger partial charge in [0.15, 0.2) is 0 Å². The van der Waals surface area contributed by atoms with E-state index in [9.17, 15) is 0 Å². The molecule has 0 atom stereocenters. The van der Waals surface area contributed by atoms with Crippen molar-refractivity contribution in [2.75, 3.05) is 33.4 Å². The third kappa shape index (κ3) is 3.94. The van der Waals surface area contributed by atoms with Crippen molar-refractivity contribution in [3.63, 3.8) is 0 Å². The number of hydrogen-bond donors (Lipinski definition) is 1. The molecule has 0 heterocycles. The normalized spacial score (nSPS) is 28.8. The SMILES string of the molecule is CCC1CCC(CN)(N(CC)CCCOC)CC1. The Balaban J connectivity index is 2.55. The first-order valence-electron chi connectivity index (χ1n) is 7.66. The van der Waals surface area contributed by atoms with Gasteiger partial charge in [-0.15, -0.1) is 0 Å². The summed E-state index contributed by atoms with van der Waals surface area (Å²) in [6, 6.07) is 0. The molecule has 0 saturated heterocycles. The first-order chi connectivity index (χ1) is 8.72. The van der Waals surface area contributed by atoms with Crippen molar-refractivity contribution >= 4 is 0 Å². The molecule has 0 radical (unpaired) electrons. The van der Waals surface area contributed by atoms with Gasteiger partial charge >= 0.3 is 0 Å². The molecule has 1 aliphatic rings. The molecule has 0 aromatic rings. The van der Waals surface area contributed by atoms with E-state index in [0.717, 1.165) is 38.6 Å². The average Bonchev–Trinajstić information content (AvgIpc) is 2.44. The molecule has 0 spiro atoms. The number of nitrogens with zero attached hydrogens (tertiary/aromatic N) is 1. The van der Waals surface area contributed by atoms with Crippen LogP contribution in [-0.2, 0) is 4.74 Å². The molecule has 0 aliphatic heterocycles. The number of ether oxygens (including phenoxy) is 1. The van der Waals surface area contributed by atoms with Crippen LogP contribution in [0.5, 0.6) is 0 Å². The van der Waals surface area contributed by atoms with Crippen LogP contribution in [0.2, 0.25) is 0 Å². The predicted octanol–water partition coefficient (Wildman–Crippen LogP) is 2.64. The Bertz CT molecular complexity index is 213. The molecule has 1 aliphatic carbocycles. The van der Waals surface area contributed by atoms with Crippen LogP contribution in [0.15, 0.2) is 0 Å². The molecule has 1 saturated carbocycles. The summed E-state index contributed by atoms with van der Waals surface area (Å²) in [6.45, 7) is 8.47. The quantitative estimate of drug-likeness (QED) is 0.679. The predicted molar refractivity (Wildman–Crippen MR) is 77.8 cm³/mol. The van der Waals surface area contributed by atoms with Gasteiger partial charge in [-0.05, 0) is 44.6 Å². The van der Waals surface area contributed by atoms with Crippen molar-refractivity contribution in [1.82, 2.24) is 4.90 Å². The highest BCUT2D eigenvalue weighted by Gasteiger charge is 2.37. The molecule has 1 fully saturated rings. The van der Waals surface area contributed by atoms with Crippen LogP contribution in [0, 0.1) is 5.92 Å². The maximum Gasteiger partial charge on any atom is 0.0474 e. The van der Waals surface area contributed by atoms with E-state index >= 15 is 0 Å². The minimum Gasteiger partial charge on any atom is -0.385 e. The third-order valence-corrected chi connectivity index (χ3v) is 4.82. The highest BCUT2D eigenvalue weighted by Crippen LogP contribution is 2.37. The van der Waals surface area contributed by atoms with E-state index < -0.39 is 0 Å². The lowest BCUT2D eigenvalue weighted by Gasteiger charge is -2.47. The molecule has 1 rings (SSSR count). The van der Waals surface area contributed by atoms with E-state index in [1.807, 2.05) is 0 Å². The van der Waals surface area contributed by atoms with Crippen LogP contribution in [-0.4, -0.2) is 43.8 Å². The Morgan fingerprint density at radius 3 is 2.39 bits per heavy atom. The van der Waals surface area contributed by atoms with Gasteiger partial charge in [0.2, 0.25) is 0 Å². The van der Waals surface area contributed by atoms with Gasteiger partial charge in [-0.25, -0.2) is 0 Å². The monoisotopic (exact) mass is 256 g/mol. The summed E-state index contributed by atoms with van der Waals surface area (Å²) < 4.78 is 5.17. The lowest BCUT2D eigenvalue weighted by molar-refractivity contribution is 0.0387. The first kappa shape index (κ1) is 15.9. The molecule has 3 heteroatoms. The van der Waals surface area contributed by atoms with Crippen molar-refractivity contribution in [1.29, 1.82) is 0 Å². The summed E-state index contributed by atoms with van der Waals surface area (Å²) >= 11 is 0. The summed E-state index contributed by atoms with van der Waals surface area (Å²) in [7, 11) is 1.78. The number of hydrogen-bond acceptors (Lipinski definition) is 3. The van der Waals surface area contributed by atoms with Crippen LogP contribution in [0.4, 0.5) is 0 Å². The second-order valence-electron chi connectivity index (χ2n) is 5.71. The topological polar surface area (TPSA) is 38.5 Å². The van der Waals surface area contributed by atoms with Gasteiger partial charge < -0.3 is 10.5 Å². The van der Waals surface area contributed by atoms with E-state index in [-0.39, 0.29) is 5.54 Å². The molecule has 18 heavy (non-hydrogen) atoms. The fourth-order valence-corrected chi connectivity index (χ4v) is 3.40. The van der Waals surface area contributed by atoms with Gasteiger partial charge in [-0.1, -0.05) is 20.3 Å². The number of nitrogens with two attached hydrogens (primary N) is 1. The third-order valence-electron chi connectivity index (χ3n) is 4.82. The Hall–Kier alpha value is -0.120. The maximum absolute atomic E-state index is 6.13. The van der Waals surface area contributed by atoms with E-state index in [0.29, 0.717) is 0 Å². The largest absolute Gasteiger partial charge is 0.385 e. The lowest BCUT2D eigenvalue weighted by atomic mass is 9.74. The molecule has 3 nitrogen and oxygen atoms in total. The number of rotatable bonds is 8. The first-order valence-corrected chi connectivity index (χ1v) is 7.66. The second-order valence-corrected chi connectivity index (χ2v) is 5.71. The molecule has 108 valence electrons. The number of methoxy groups -OCH3 is 1.